The van der Waals surface area contributed by atoms with E-state index in [9.17, 15) is 4.79 Å². The van der Waals surface area contributed by atoms with Crippen LogP contribution >= 0.6 is 0 Å². The number of nitrogens with zero attached hydrogens (tertiary/aromatic N) is 3. The van der Waals surface area contributed by atoms with Crippen LogP contribution in [0.3, 0.4) is 0 Å². The van der Waals surface area contributed by atoms with Crippen molar-refractivity contribution in [3.8, 4) is 0 Å². The van der Waals surface area contributed by atoms with Crippen LogP contribution in [-0.2, 0) is 17.8 Å². The molecule has 2 heterocycles. The van der Waals surface area contributed by atoms with E-state index in [4.69, 9.17) is 0 Å². The van der Waals surface area contributed by atoms with Crippen molar-refractivity contribution in [1.29, 1.82) is 0 Å². The summed E-state index contributed by atoms with van der Waals surface area (Å²) in [7, 11) is 0. The zero-order chi connectivity index (χ0) is 14.8. The second-order valence-electron chi connectivity index (χ2n) is 6.28. The summed E-state index contributed by atoms with van der Waals surface area (Å²) in [5.74, 6) is 0.967. The van der Waals surface area contributed by atoms with Crippen LogP contribution in [0, 0.1) is 6.92 Å². The molecule has 1 aliphatic carbocycles. The quantitative estimate of drug-likeness (QED) is 0.917. The molecule has 5 heteroatoms. The first-order valence-electron chi connectivity index (χ1n) is 7.99. The van der Waals surface area contributed by atoms with Gasteiger partial charge in [0.05, 0.1) is 11.7 Å². The third kappa shape index (κ3) is 3.23. The van der Waals surface area contributed by atoms with Crippen LogP contribution in [0.1, 0.15) is 49.7 Å². The van der Waals surface area contributed by atoms with E-state index >= 15 is 0 Å². The average Bonchev–Trinajstić information content (AvgIpc) is 2.98. The largest absolute Gasteiger partial charge is 0.352 e. The van der Waals surface area contributed by atoms with Gasteiger partial charge >= 0.3 is 0 Å². The molecule has 1 saturated carbocycles. The van der Waals surface area contributed by atoms with Crippen LogP contribution in [-0.4, -0.2) is 39.4 Å². The topological polar surface area (TPSA) is 58.1 Å². The Bertz CT molecular complexity index is 525. The highest BCUT2D eigenvalue weighted by Crippen LogP contribution is 2.20. The summed E-state index contributed by atoms with van der Waals surface area (Å²) < 4.78 is 0. The van der Waals surface area contributed by atoms with Crippen LogP contribution in [0.25, 0.3) is 0 Å². The standard InChI is InChI=1S/C16H24N4O/c1-11(16(21)19-14-5-3-4-6-14)20-8-7-13-9-17-12(2)18-15(13)10-20/h9,11,14H,3-8,10H2,1-2H3,(H,19,21). The summed E-state index contributed by atoms with van der Waals surface area (Å²) in [5.41, 5.74) is 2.30. The SMILES string of the molecule is Cc1ncc2c(n1)CN(C(C)C(=O)NC1CCCC1)CC2. The number of aryl methyl sites for hydroxylation is 1. The molecule has 114 valence electrons. The van der Waals surface area contributed by atoms with Gasteiger partial charge in [-0.25, -0.2) is 9.97 Å². The van der Waals surface area contributed by atoms with Gasteiger partial charge in [0.2, 0.25) is 5.91 Å². The average molecular weight is 288 g/mol. The molecule has 0 aromatic carbocycles. The van der Waals surface area contributed by atoms with Crippen LogP contribution in [0.15, 0.2) is 6.20 Å². The van der Waals surface area contributed by atoms with Crippen molar-refractivity contribution in [3.63, 3.8) is 0 Å². The van der Waals surface area contributed by atoms with Gasteiger partial charge in [-0.15, -0.1) is 0 Å². The van der Waals surface area contributed by atoms with Gasteiger partial charge in [-0.2, -0.15) is 0 Å². The van der Waals surface area contributed by atoms with E-state index in [0.29, 0.717) is 6.04 Å². The molecule has 0 radical (unpaired) electrons. The molecule has 1 unspecified atom stereocenters. The Morgan fingerprint density at radius 1 is 1.43 bits per heavy atom. The Morgan fingerprint density at radius 2 is 2.19 bits per heavy atom. The molecule has 1 aromatic heterocycles. The molecule has 1 aliphatic heterocycles. The number of rotatable bonds is 3. The highest BCUT2D eigenvalue weighted by atomic mass is 16.2. The summed E-state index contributed by atoms with van der Waals surface area (Å²) in [4.78, 5) is 23.4. The number of amides is 1. The maximum atomic E-state index is 12.4. The lowest BCUT2D eigenvalue weighted by Gasteiger charge is -2.32. The van der Waals surface area contributed by atoms with Gasteiger partial charge in [-0.3, -0.25) is 9.69 Å². The van der Waals surface area contributed by atoms with Crippen molar-refractivity contribution in [1.82, 2.24) is 20.2 Å². The predicted octanol–water partition coefficient (Wildman–Crippen LogP) is 1.59. The summed E-state index contributed by atoms with van der Waals surface area (Å²) in [6.07, 6.45) is 7.61. The van der Waals surface area contributed by atoms with E-state index in [1.165, 1.54) is 18.4 Å². The van der Waals surface area contributed by atoms with Gasteiger partial charge in [0, 0.05) is 25.3 Å². The number of fused-ring (bicyclic) bond motifs is 1. The van der Waals surface area contributed by atoms with Gasteiger partial charge in [0.25, 0.3) is 0 Å². The van der Waals surface area contributed by atoms with Gasteiger partial charge in [-0.1, -0.05) is 12.8 Å². The molecule has 1 aromatic rings. The highest BCUT2D eigenvalue weighted by molar-refractivity contribution is 5.81. The Hall–Kier alpha value is -1.49. The van der Waals surface area contributed by atoms with Gasteiger partial charge in [-0.05, 0) is 38.7 Å². The van der Waals surface area contributed by atoms with E-state index in [1.54, 1.807) is 0 Å². The van der Waals surface area contributed by atoms with E-state index < -0.39 is 0 Å². The first-order chi connectivity index (χ1) is 10.1. The van der Waals surface area contributed by atoms with Crippen molar-refractivity contribution in [2.75, 3.05) is 6.54 Å². The number of hydrogen-bond donors (Lipinski definition) is 1. The lowest BCUT2D eigenvalue weighted by molar-refractivity contribution is -0.126. The molecular weight excluding hydrogens is 264 g/mol. The third-order valence-corrected chi connectivity index (χ3v) is 4.72. The fraction of sp³-hybridized carbons (Fsp3) is 0.688. The van der Waals surface area contributed by atoms with E-state index in [1.807, 2.05) is 20.0 Å². The zero-order valence-corrected chi connectivity index (χ0v) is 12.9. The summed E-state index contributed by atoms with van der Waals surface area (Å²) >= 11 is 0. The molecular formula is C16H24N4O. The van der Waals surface area contributed by atoms with Crippen LogP contribution < -0.4 is 5.32 Å². The van der Waals surface area contributed by atoms with Gasteiger partial charge in [0.15, 0.2) is 0 Å². The molecule has 5 nitrogen and oxygen atoms in total. The number of carbonyl (C=O) groups excluding carboxylic acids is 1. The number of nitrogens with one attached hydrogen (secondary N) is 1. The lowest BCUT2D eigenvalue weighted by Crippen LogP contribution is -2.49. The van der Waals surface area contributed by atoms with Crippen LogP contribution in [0.2, 0.25) is 0 Å². The molecule has 1 atom stereocenters. The van der Waals surface area contributed by atoms with E-state index in [0.717, 1.165) is 43.9 Å². The predicted molar refractivity (Wildman–Crippen MR) is 80.7 cm³/mol. The molecule has 3 rings (SSSR count). The third-order valence-electron chi connectivity index (χ3n) is 4.72. The minimum atomic E-state index is -0.0889. The summed E-state index contributed by atoms with van der Waals surface area (Å²) in [5, 5.41) is 3.20. The molecule has 1 amide bonds. The first kappa shape index (κ1) is 14.4. The first-order valence-corrected chi connectivity index (χ1v) is 7.99. The molecule has 0 bridgehead atoms. The zero-order valence-electron chi connectivity index (χ0n) is 12.9. The number of carbonyl (C=O) groups is 1. The van der Waals surface area contributed by atoms with Crippen molar-refractivity contribution >= 4 is 5.91 Å². The normalized spacial score (nSPS) is 21.0. The maximum Gasteiger partial charge on any atom is 0.237 e. The second kappa shape index (κ2) is 6.10. The summed E-state index contributed by atoms with van der Waals surface area (Å²) in [6, 6.07) is 0.301. The highest BCUT2D eigenvalue weighted by Gasteiger charge is 2.28. The van der Waals surface area contributed by atoms with E-state index in [2.05, 4.69) is 20.2 Å². The molecule has 0 spiro atoms. The molecule has 21 heavy (non-hydrogen) atoms. The fourth-order valence-corrected chi connectivity index (χ4v) is 3.31. The van der Waals surface area contributed by atoms with Crippen molar-refractivity contribution in [3.05, 3.63) is 23.3 Å². The monoisotopic (exact) mass is 288 g/mol. The van der Waals surface area contributed by atoms with Gasteiger partial charge in [0.1, 0.15) is 5.82 Å². The fourth-order valence-electron chi connectivity index (χ4n) is 3.31. The Balaban J connectivity index is 1.63. The van der Waals surface area contributed by atoms with Gasteiger partial charge < -0.3 is 5.32 Å². The lowest BCUT2D eigenvalue weighted by atomic mass is 10.0. The van der Waals surface area contributed by atoms with Crippen molar-refractivity contribution < 1.29 is 4.79 Å². The molecule has 2 aliphatic rings. The molecule has 1 N–H and O–H groups in total. The Labute approximate surface area is 126 Å². The molecule has 1 fully saturated rings. The minimum absolute atomic E-state index is 0.0889. The van der Waals surface area contributed by atoms with Crippen molar-refractivity contribution in [2.24, 2.45) is 0 Å². The van der Waals surface area contributed by atoms with Crippen LogP contribution in [0.4, 0.5) is 0 Å². The molecule has 0 saturated heterocycles. The van der Waals surface area contributed by atoms with E-state index in [-0.39, 0.29) is 11.9 Å². The number of aromatic nitrogens is 2. The maximum absolute atomic E-state index is 12.4. The smallest absolute Gasteiger partial charge is 0.237 e. The second-order valence-corrected chi connectivity index (χ2v) is 6.28. The van der Waals surface area contributed by atoms with Crippen LogP contribution in [0.5, 0.6) is 0 Å². The summed E-state index contributed by atoms with van der Waals surface area (Å²) in [6.45, 7) is 5.56. The number of hydrogen-bond acceptors (Lipinski definition) is 4. The Morgan fingerprint density at radius 3 is 2.95 bits per heavy atom. The minimum Gasteiger partial charge on any atom is -0.352 e. The van der Waals surface area contributed by atoms with Crippen molar-refractivity contribution in [2.45, 2.75) is 64.6 Å². The Kier molecular flexibility index (Phi) is 4.19.